The summed E-state index contributed by atoms with van der Waals surface area (Å²) < 4.78 is 2.40. The molecular weight excluding hydrogens is 532 g/mol. The van der Waals surface area contributed by atoms with Crippen LogP contribution >= 0.6 is 0 Å². The maximum Gasteiger partial charge on any atom is 0.146 e. The van der Waals surface area contributed by atoms with Crippen LogP contribution in [0.25, 0.3) is 39.2 Å². The Labute approximate surface area is 265 Å². The highest BCUT2D eigenvalue weighted by Crippen LogP contribution is 2.57. The zero-order valence-corrected chi connectivity index (χ0v) is 27.0. The molecule has 0 unspecified atom stereocenters. The van der Waals surface area contributed by atoms with E-state index < -0.39 is 0 Å². The molecule has 2 nitrogen and oxygen atoms in total. The Morgan fingerprint density at radius 2 is 1.09 bits per heavy atom. The van der Waals surface area contributed by atoms with E-state index >= 15 is 0 Å². The van der Waals surface area contributed by atoms with Crippen molar-refractivity contribution in [2.75, 3.05) is 0 Å². The van der Waals surface area contributed by atoms with Crippen LogP contribution in [0.3, 0.4) is 0 Å². The Bertz CT molecular complexity index is 1630. The van der Waals surface area contributed by atoms with Gasteiger partial charge in [-0.1, -0.05) is 164 Å². The van der Waals surface area contributed by atoms with Crippen molar-refractivity contribution in [2.24, 2.45) is 0 Å². The molecule has 1 heterocycles. The Kier molecular flexibility index (Phi) is 9.96. The fourth-order valence-electron chi connectivity index (χ4n) is 7.85. The Morgan fingerprint density at radius 3 is 1.82 bits per heavy atom. The molecule has 0 fully saturated rings. The number of unbranched alkanes of at least 4 members (excludes halogenated alkanes) is 10. The first-order chi connectivity index (χ1) is 21.8. The number of para-hydroxylation sites is 3. The summed E-state index contributed by atoms with van der Waals surface area (Å²) >= 11 is 0. The lowest BCUT2D eigenvalue weighted by atomic mass is 9.69. The summed E-state index contributed by atoms with van der Waals surface area (Å²) in [6, 6.07) is 35.8. The van der Waals surface area contributed by atoms with E-state index in [0.717, 1.165) is 11.3 Å². The fourth-order valence-corrected chi connectivity index (χ4v) is 7.85. The van der Waals surface area contributed by atoms with Gasteiger partial charge in [-0.05, 0) is 59.4 Å². The molecule has 0 aliphatic heterocycles. The van der Waals surface area contributed by atoms with E-state index in [0.29, 0.717) is 0 Å². The highest BCUT2D eigenvalue weighted by molar-refractivity contribution is 5.90. The predicted octanol–water partition coefficient (Wildman–Crippen LogP) is 12.5. The summed E-state index contributed by atoms with van der Waals surface area (Å²) in [6.07, 6.45) is 18.3. The van der Waals surface area contributed by atoms with E-state index in [1.165, 1.54) is 123 Å². The Balaban J connectivity index is 1.49. The van der Waals surface area contributed by atoms with Gasteiger partial charge in [-0.2, -0.15) is 0 Å². The lowest BCUT2D eigenvalue weighted by Gasteiger charge is -2.34. The van der Waals surface area contributed by atoms with Crippen LogP contribution in [0.2, 0.25) is 0 Å². The van der Waals surface area contributed by atoms with E-state index in [-0.39, 0.29) is 5.41 Å². The van der Waals surface area contributed by atoms with Gasteiger partial charge < -0.3 is 0 Å². The number of nitrogens with zero attached hydrogens (tertiary/aromatic N) is 2. The van der Waals surface area contributed by atoms with Crippen LogP contribution in [0.5, 0.6) is 0 Å². The second-order valence-electron chi connectivity index (χ2n) is 13.0. The van der Waals surface area contributed by atoms with Crippen molar-refractivity contribution >= 4 is 11.0 Å². The zero-order valence-electron chi connectivity index (χ0n) is 27.0. The van der Waals surface area contributed by atoms with Crippen molar-refractivity contribution in [3.8, 4) is 28.2 Å². The predicted molar refractivity (Wildman–Crippen MR) is 189 cm³/mol. The fraction of sp³-hybridized carbons (Fsp3) is 0.405. The number of hydrogen-bond acceptors (Lipinski definition) is 1. The molecule has 6 rings (SSSR count). The van der Waals surface area contributed by atoms with Gasteiger partial charge >= 0.3 is 0 Å². The van der Waals surface area contributed by atoms with Crippen molar-refractivity contribution < 1.29 is 0 Å². The largest absolute Gasteiger partial charge is 0.292 e. The molecule has 0 radical (unpaired) electrons. The number of benzene rings is 4. The summed E-state index contributed by atoms with van der Waals surface area (Å²) in [5.41, 5.74) is 10.6. The van der Waals surface area contributed by atoms with Gasteiger partial charge in [0.15, 0.2) is 0 Å². The second-order valence-corrected chi connectivity index (χ2v) is 13.0. The molecule has 1 aliphatic carbocycles. The SMILES string of the molecule is CCCCCCCCC1(CCCCCCCC)c2ccccc2-c2cccc(-c3nc4ccccc4n3-c3ccccc3)c21. The highest BCUT2D eigenvalue weighted by Gasteiger charge is 2.44. The minimum Gasteiger partial charge on any atom is -0.292 e. The molecule has 0 saturated carbocycles. The average molecular weight is 583 g/mol. The lowest BCUT2D eigenvalue weighted by Crippen LogP contribution is -2.26. The number of aromatic nitrogens is 2. The third-order valence-electron chi connectivity index (χ3n) is 10.0. The number of imidazole rings is 1. The maximum atomic E-state index is 5.39. The lowest BCUT2D eigenvalue weighted by molar-refractivity contribution is 0.398. The van der Waals surface area contributed by atoms with Gasteiger partial charge in [0.1, 0.15) is 5.82 Å². The summed E-state index contributed by atoms with van der Waals surface area (Å²) in [7, 11) is 0. The molecule has 0 bridgehead atoms. The molecule has 0 saturated heterocycles. The summed E-state index contributed by atoms with van der Waals surface area (Å²) in [5.74, 6) is 1.07. The van der Waals surface area contributed by atoms with Crippen LogP contribution in [0.1, 0.15) is 115 Å². The molecule has 4 aromatic carbocycles. The summed E-state index contributed by atoms with van der Waals surface area (Å²) in [5, 5.41) is 0. The van der Waals surface area contributed by atoms with E-state index in [1.807, 2.05) is 0 Å². The number of hydrogen-bond donors (Lipinski definition) is 0. The van der Waals surface area contributed by atoms with Crippen molar-refractivity contribution in [1.29, 1.82) is 0 Å². The van der Waals surface area contributed by atoms with E-state index in [2.05, 4.69) is 115 Å². The first-order valence-electron chi connectivity index (χ1n) is 17.5. The van der Waals surface area contributed by atoms with Crippen molar-refractivity contribution in [3.05, 3.63) is 108 Å². The van der Waals surface area contributed by atoms with Gasteiger partial charge in [0.2, 0.25) is 0 Å². The van der Waals surface area contributed by atoms with Crippen LogP contribution in [0.4, 0.5) is 0 Å². The highest BCUT2D eigenvalue weighted by atomic mass is 15.1. The normalized spacial score (nSPS) is 13.3. The van der Waals surface area contributed by atoms with Gasteiger partial charge in [0.05, 0.1) is 11.0 Å². The van der Waals surface area contributed by atoms with E-state index in [9.17, 15) is 0 Å². The molecule has 0 atom stereocenters. The number of rotatable bonds is 16. The van der Waals surface area contributed by atoms with Gasteiger partial charge in [0.25, 0.3) is 0 Å². The van der Waals surface area contributed by atoms with Crippen LogP contribution in [0, 0.1) is 0 Å². The first kappa shape index (κ1) is 30.4. The third-order valence-corrected chi connectivity index (χ3v) is 10.0. The van der Waals surface area contributed by atoms with Crippen LogP contribution in [0.15, 0.2) is 97.1 Å². The van der Waals surface area contributed by atoms with Crippen molar-refractivity contribution in [3.63, 3.8) is 0 Å². The standard InChI is InChI=1S/C42H50N2/c1-3-5-7-9-11-20-31-42(32-21-12-10-8-6-4-2)37-28-17-16-25-34(37)35-26-22-27-36(40(35)42)41-43-38-29-18-19-30-39(38)44(41)33-23-14-13-15-24-33/h13-19,22-30H,3-12,20-21,31-32H2,1-2H3. The molecule has 5 aromatic rings. The third kappa shape index (κ3) is 6.01. The molecule has 228 valence electrons. The summed E-state index contributed by atoms with van der Waals surface area (Å²) in [6.45, 7) is 4.62. The Morgan fingerprint density at radius 1 is 0.523 bits per heavy atom. The number of fused-ring (bicyclic) bond motifs is 4. The minimum absolute atomic E-state index is 0.0116. The molecule has 1 aliphatic rings. The molecule has 0 amide bonds. The van der Waals surface area contributed by atoms with Gasteiger partial charge in [-0.25, -0.2) is 4.98 Å². The van der Waals surface area contributed by atoms with Crippen LogP contribution < -0.4 is 0 Å². The molecular formula is C42H50N2. The Hall–Kier alpha value is -3.65. The van der Waals surface area contributed by atoms with Gasteiger partial charge in [-0.3, -0.25) is 4.57 Å². The first-order valence-corrected chi connectivity index (χ1v) is 17.5. The average Bonchev–Trinajstić information content (AvgIpc) is 3.59. The quantitative estimate of drug-likeness (QED) is 0.106. The van der Waals surface area contributed by atoms with Crippen LogP contribution in [-0.2, 0) is 5.41 Å². The van der Waals surface area contributed by atoms with Crippen LogP contribution in [-0.4, -0.2) is 9.55 Å². The van der Waals surface area contributed by atoms with Gasteiger partial charge in [-0.15, -0.1) is 0 Å². The molecule has 2 heteroatoms. The molecule has 1 aromatic heterocycles. The van der Waals surface area contributed by atoms with Crippen molar-refractivity contribution in [2.45, 2.75) is 109 Å². The zero-order chi connectivity index (χ0) is 30.2. The molecule has 0 N–H and O–H groups in total. The van der Waals surface area contributed by atoms with Gasteiger partial charge in [0, 0.05) is 16.7 Å². The molecule has 44 heavy (non-hydrogen) atoms. The summed E-state index contributed by atoms with van der Waals surface area (Å²) in [4.78, 5) is 5.39. The van der Waals surface area contributed by atoms with E-state index in [4.69, 9.17) is 4.98 Å². The molecule has 0 spiro atoms. The van der Waals surface area contributed by atoms with E-state index in [1.54, 1.807) is 5.56 Å². The maximum absolute atomic E-state index is 5.39. The minimum atomic E-state index is 0.0116. The second kappa shape index (κ2) is 14.4. The topological polar surface area (TPSA) is 17.8 Å². The monoisotopic (exact) mass is 582 g/mol. The smallest absolute Gasteiger partial charge is 0.146 e. The van der Waals surface area contributed by atoms with Crippen molar-refractivity contribution in [1.82, 2.24) is 9.55 Å².